The first kappa shape index (κ1) is 9.02. The van der Waals surface area contributed by atoms with Crippen molar-refractivity contribution in [2.24, 2.45) is 17.3 Å². The zero-order valence-electron chi connectivity index (χ0n) is 8.09. The van der Waals surface area contributed by atoms with Crippen LogP contribution in [0.4, 0.5) is 0 Å². The molecule has 0 aliphatic heterocycles. The second-order valence-corrected chi connectivity index (χ2v) is 6.48. The van der Waals surface area contributed by atoms with Gasteiger partial charge in [0.2, 0.25) is 0 Å². The van der Waals surface area contributed by atoms with Crippen molar-refractivity contribution >= 4 is 17.6 Å². The van der Waals surface area contributed by atoms with Crippen LogP contribution in [0.5, 0.6) is 0 Å². The summed E-state index contributed by atoms with van der Waals surface area (Å²) >= 11 is 6.47. The number of halogens is 1. The molecule has 78 valence electrons. The van der Waals surface area contributed by atoms with Crippen LogP contribution in [0.25, 0.3) is 0 Å². The monoisotopic (exact) mass is 213 g/mol. The van der Waals surface area contributed by atoms with Crippen molar-refractivity contribution in [3.8, 4) is 0 Å². The molecule has 0 radical (unpaired) electrons. The molecule has 0 heterocycles. The highest BCUT2D eigenvalue weighted by atomic mass is 35.5. The van der Waals surface area contributed by atoms with Crippen LogP contribution in [0.1, 0.15) is 38.5 Å². The summed E-state index contributed by atoms with van der Waals surface area (Å²) < 4.78 is 0. The number of carbonyl (C=O) groups is 1. The Labute approximate surface area is 88.6 Å². The van der Waals surface area contributed by atoms with Gasteiger partial charge in [0.15, 0.2) is 0 Å². The largest absolute Gasteiger partial charge is 0.550 e. The first-order chi connectivity index (χ1) is 6.51. The summed E-state index contributed by atoms with van der Waals surface area (Å²) in [5.74, 6) is 0.245. The summed E-state index contributed by atoms with van der Waals surface area (Å²) in [7, 11) is 0. The summed E-state index contributed by atoms with van der Waals surface area (Å²) in [4.78, 5) is 11.0. The Morgan fingerprint density at radius 2 is 1.79 bits per heavy atom. The third-order valence-corrected chi connectivity index (χ3v) is 4.86. The molecule has 0 aromatic rings. The van der Waals surface area contributed by atoms with E-state index in [1.165, 1.54) is 6.42 Å². The normalized spacial score (nSPS) is 54.9. The van der Waals surface area contributed by atoms with Crippen molar-refractivity contribution in [1.29, 1.82) is 0 Å². The molecule has 2 unspecified atom stereocenters. The SMILES string of the molecule is O=C([O-])C12C[C@@H]3C[C@@H](CC(Cl)(C3)C1)C2. The van der Waals surface area contributed by atoms with E-state index in [-0.39, 0.29) is 4.87 Å². The van der Waals surface area contributed by atoms with Crippen molar-refractivity contribution in [1.82, 2.24) is 0 Å². The molecule has 4 saturated carbocycles. The first-order valence-electron chi connectivity index (χ1n) is 5.42. The second kappa shape index (κ2) is 2.46. The molecule has 4 aliphatic carbocycles. The predicted molar refractivity (Wildman–Crippen MR) is 50.7 cm³/mol. The maximum Gasteiger partial charge on any atom is 0.0477 e. The summed E-state index contributed by atoms with van der Waals surface area (Å²) in [5, 5.41) is 11.2. The van der Waals surface area contributed by atoms with Gasteiger partial charge in [-0.1, -0.05) is 0 Å². The quantitative estimate of drug-likeness (QED) is 0.617. The van der Waals surface area contributed by atoms with Crippen LogP contribution in [0.15, 0.2) is 0 Å². The minimum atomic E-state index is -0.850. The van der Waals surface area contributed by atoms with E-state index in [0.717, 1.165) is 25.7 Å². The Morgan fingerprint density at radius 3 is 2.21 bits per heavy atom. The molecule has 3 heteroatoms. The standard InChI is InChI=1S/C11H15ClO2/c12-11-4-7-1-8(5-11)3-10(2-7,6-11)9(13)14/h7-8H,1-6H2,(H,13,14)/p-1/t7-,8+,10?,11?. The molecule has 2 nitrogen and oxygen atoms in total. The lowest BCUT2D eigenvalue weighted by atomic mass is 9.49. The molecule has 4 atom stereocenters. The van der Waals surface area contributed by atoms with Crippen molar-refractivity contribution in [3.05, 3.63) is 0 Å². The molecular formula is C11H14ClO2-. The molecule has 4 rings (SSSR count). The number of carboxylic acid groups (broad SMARTS) is 1. The van der Waals surface area contributed by atoms with E-state index in [9.17, 15) is 9.90 Å². The fourth-order valence-corrected chi connectivity index (χ4v) is 5.08. The van der Waals surface area contributed by atoms with Crippen LogP contribution in [0.2, 0.25) is 0 Å². The van der Waals surface area contributed by atoms with Gasteiger partial charge >= 0.3 is 0 Å². The number of carbonyl (C=O) groups excluding carboxylic acids is 1. The highest BCUT2D eigenvalue weighted by molar-refractivity contribution is 6.24. The minimum absolute atomic E-state index is 0.204. The first-order valence-corrected chi connectivity index (χ1v) is 5.80. The predicted octanol–water partition coefficient (Wildman–Crippen LogP) is 1.31. The molecule has 0 aromatic heterocycles. The Hall–Kier alpha value is -0.240. The van der Waals surface area contributed by atoms with Crippen molar-refractivity contribution in [2.75, 3.05) is 0 Å². The zero-order valence-corrected chi connectivity index (χ0v) is 8.85. The topological polar surface area (TPSA) is 40.1 Å². The maximum atomic E-state index is 11.2. The lowest BCUT2D eigenvalue weighted by Crippen LogP contribution is -2.59. The average Bonchev–Trinajstić information content (AvgIpc) is 1.98. The summed E-state index contributed by atoms with van der Waals surface area (Å²) in [5.41, 5.74) is -0.564. The van der Waals surface area contributed by atoms with E-state index in [1.54, 1.807) is 0 Å². The maximum absolute atomic E-state index is 11.2. The fraction of sp³-hybridized carbons (Fsp3) is 0.909. The van der Waals surface area contributed by atoms with Gasteiger partial charge in [-0.15, -0.1) is 11.6 Å². The highest BCUT2D eigenvalue weighted by Crippen LogP contribution is 2.63. The molecule has 0 amide bonds. The molecular weight excluding hydrogens is 200 g/mol. The van der Waals surface area contributed by atoms with Crippen LogP contribution in [0, 0.1) is 17.3 Å². The van der Waals surface area contributed by atoms with Gasteiger partial charge in [-0.2, -0.15) is 0 Å². The fourth-order valence-electron chi connectivity index (χ4n) is 4.39. The summed E-state index contributed by atoms with van der Waals surface area (Å²) in [6.07, 6.45) is 5.54. The molecule has 0 spiro atoms. The number of carboxylic acids is 1. The molecule has 4 aliphatic rings. The Bertz CT molecular complexity index is 286. The number of hydrogen-bond donors (Lipinski definition) is 0. The van der Waals surface area contributed by atoms with Gasteiger partial charge in [0.05, 0.1) is 0 Å². The van der Waals surface area contributed by atoms with Crippen LogP contribution in [-0.2, 0) is 4.79 Å². The third kappa shape index (κ3) is 1.06. The van der Waals surface area contributed by atoms with Gasteiger partial charge < -0.3 is 9.90 Å². The van der Waals surface area contributed by atoms with Crippen LogP contribution in [-0.4, -0.2) is 10.8 Å². The summed E-state index contributed by atoms with van der Waals surface area (Å²) in [6, 6.07) is 0. The molecule has 0 N–H and O–H groups in total. The third-order valence-electron chi connectivity index (χ3n) is 4.42. The zero-order chi connectivity index (χ0) is 9.97. The molecule has 0 saturated heterocycles. The molecule has 14 heavy (non-hydrogen) atoms. The van der Waals surface area contributed by atoms with Crippen LogP contribution in [0.3, 0.4) is 0 Å². The van der Waals surface area contributed by atoms with Crippen molar-refractivity contribution in [3.63, 3.8) is 0 Å². The van der Waals surface area contributed by atoms with E-state index in [1.807, 2.05) is 0 Å². The smallest absolute Gasteiger partial charge is 0.0477 e. The highest BCUT2D eigenvalue weighted by Gasteiger charge is 2.57. The van der Waals surface area contributed by atoms with Crippen LogP contribution >= 0.6 is 11.6 Å². The second-order valence-electron chi connectivity index (χ2n) is 5.68. The Morgan fingerprint density at radius 1 is 1.21 bits per heavy atom. The number of alkyl halides is 1. The lowest BCUT2D eigenvalue weighted by Gasteiger charge is -2.60. The molecule has 0 aromatic carbocycles. The van der Waals surface area contributed by atoms with Gasteiger partial charge in [0.1, 0.15) is 0 Å². The summed E-state index contributed by atoms with van der Waals surface area (Å²) in [6.45, 7) is 0. The Kier molecular flexibility index (Phi) is 1.59. The van der Waals surface area contributed by atoms with Crippen LogP contribution < -0.4 is 5.11 Å². The van der Waals surface area contributed by atoms with E-state index in [0.29, 0.717) is 18.3 Å². The molecule has 4 bridgehead atoms. The van der Waals surface area contributed by atoms with E-state index in [2.05, 4.69) is 0 Å². The van der Waals surface area contributed by atoms with Gasteiger partial charge in [-0.25, -0.2) is 0 Å². The van der Waals surface area contributed by atoms with Gasteiger partial charge in [0.25, 0.3) is 0 Å². The van der Waals surface area contributed by atoms with Crippen molar-refractivity contribution < 1.29 is 9.90 Å². The van der Waals surface area contributed by atoms with Crippen molar-refractivity contribution in [2.45, 2.75) is 43.4 Å². The number of hydrogen-bond acceptors (Lipinski definition) is 2. The number of rotatable bonds is 1. The number of aliphatic carboxylic acids is 1. The van der Waals surface area contributed by atoms with Gasteiger partial charge in [0, 0.05) is 16.3 Å². The average molecular weight is 214 g/mol. The van der Waals surface area contributed by atoms with Gasteiger partial charge in [-0.05, 0) is 50.4 Å². The van der Waals surface area contributed by atoms with E-state index in [4.69, 9.17) is 11.6 Å². The minimum Gasteiger partial charge on any atom is -0.550 e. The Balaban J connectivity index is 2.00. The van der Waals surface area contributed by atoms with E-state index < -0.39 is 11.4 Å². The lowest BCUT2D eigenvalue weighted by molar-refractivity contribution is -0.326. The van der Waals surface area contributed by atoms with Gasteiger partial charge in [-0.3, -0.25) is 0 Å². The van der Waals surface area contributed by atoms with E-state index >= 15 is 0 Å². The molecule has 4 fully saturated rings.